The maximum atomic E-state index is 5.49. The van der Waals surface area contributed by atoms with E-state index in [1.54, 1.807) is 21.3 Å². The molecule has 0 saturated carbocycles. The Bertz CT molecular complexity index is 383. The second-order valence-corrected chi connectivity index (χ2v) is 4.03. The van der Waals surface area contributed by atoms with Crippen LogP contribution in [0.3, 0.4) is 0 Å². The van der Waals surface area contributed by atoms with Gasteiger partial charge in [0.25, 0.3) is 0 Å². The fourth-order valence-electron chi connectivity index (χ4n) is 2.13. The van der Waals surface area contributed by atoms with Gasteiger partial charge in [-0.1, -0.05) is 0 Å². The van der Waals surface area contributed by atoms with E-state index in [2.05, 4.69) is 5.32 Å². The maximum absolute atomic E-state index is 5.49. The molecule has 1 aromatic carbocycles. The highest BCUT2D eigenvalue weighted by atomic mass is 35.5. The van der Waals surface area contributed by atoms with Crippen molar-refractivity contribution >= 4 is 12.4 Å². The first-order chi connectivity index (χ1) is 8.80. The molecule has 1 fully saturated rings. The largest absolute Gasteiger partial charge is 0.496 e. The number of hydrogen-bond donors (Lipinski definition) is 1. The Balaban J connectivity index is 0.00000180. The van der Waals surface area contributed by atoms with Crippen LogP contribution in [0.1, 0.15) is 11.6 Å². The van der Waals surface area contributed by atoms with E-state index in [-0.39, 0.29) is 18.4 Å². The third kappa shape index (κ3) is 3.43. The van der Waals surface area contributed by atoms with Crippen LogP contribution in [-0.4, -0.2) is 41.1 Å². The summed E-state index contributed by atoms with van der Waals surface area (Å²) in [7, 11) is 4.90. The molecule has 1 atom stereocenters. The molecule has 2 rings (SSSR count). The highest BCUT2D eigenvalue weighted by molar-refractivity contribution is 5.85. The van der Waals surface area contributed by atoms with Crippen molar-refractivity contribution < 1.29 is 18.9 Å². The average molecular weight is 290 g/mol. The Morgan fingerprint density at radius 2 is 1.74 bits per heavy atom. The third-order valence-electron chi connectivity index (χ3n) is 3.02. The first kappa shape index (κ1) is 15.9. The van der Waals surface area contributed by atoms with Crippen LogP contribution in [0.15, 0.2) is 12.1 Å². The van der Waals surface area contributed by atoms with Crippen molar-refractivity contribution in [2.24, 2.45) is 0 Å². The van der Waals surface area contributed by atoms with Crippen LogP contribution in [0.4, 0.5) is 0 Å². The molecule has 5 nitrogen and oxygen atoms in total. The molecular formula is C13H20ClNO4. The molecule has 19 heavy (non-hydrogen) atoms. The van der Waals surface area contributed by atoms with Gasteiger partial charge in [0.1, 0.15) is 17.2 Å². The molecule has 0 spiro atoms. The molecule has 1 aliphatic rings. The van der Waals surface area contributed by atoms with E-state index in [0.29, 0.717) is 12.4 Å². The van der Waals surface area contributed by atoms with Gasteiger partial charge in [0.2, 0.25) is 0 Å². The Hall–Kier alpha value is -1.17. The van der Waals surface area contributed by atoms with Gasteiger partial charge in [0, 0.05) is 18.7 Å². The average Bonchev–Trinajstić information content (AvgIpc) is 2.46. The fourth-order valence-corrected chi connectivity index (χ4v) is 2.13. The van der Waals surface area contributed by atoms with E-state index >= 15 is 0 Å². The van der Waals surface area contributed by atoms with Gasteiger partial charge in [-0.25, -0.2) is 0 Å². The maximum Gasteiger partial charge on any atom is 0.131 e. The fraction of sp³-hybridized carbons (Fsp3) is 0.538. The third-order valence-corrected chi connectivity index (χ3v) is 3.02. The number of nitrogens with one attached hydrogen (secondary N) is 1. The van der Waals surface area contributed by atoms with Gasteiger partial charge >= 0.3 is 0 Å². The van der Waals surface area contributed by atoms with Crippen molar-refractivity contribution in [1.82, 2.24) is 5.32 Å². The molecule has 1 aliphatic heterocycles. The number of rotatable bonds is 4. The lowest BCUT2D eigenvalue weighted by atomic mass is 10.0. The summed E-state index contributed by atoms with van der Waals surface area (Å²) in [6, 6.07) is 3.79. The molecule has 0 radical (unpaired) electrons. The van der Waals surface area contributed by atoms with Gasteiger partial charge in [-0.2, -0.15) is 0 Å². The molecule has 0 bridgehead atoms. The van der Waals surface area contributed by atoms with Gasteiger partial charge in [-0.15, -0.1) is 12.4 Å². The second kappa shape index (κ2) is 7.43. The molecule has 0 amide bonds. The second-order valence-electron chi connectivity index (χ2n) is 4.03. The van der Waals surface area contributed by atoms with Crippen molar-refractivity contribution in [2.45, 2.75) is 6.04 Å². The highest BCUT2D eigenvalue weighted by Gasteiger charge is 2.24. The van der Waals surface area contributed by atoms with E-state index < -0.39 is 0 Å². The lowest BCUT2D eigenvalue weighted by Crippen LogP contribution is -2.35. The zero-order valence-corrected chi connectivity index (χ0v) is 12.2. The number of ether oxygens (including phenoxy) is 4. The summed E-state index contributed by atoms with van der Waals surface area (Å²) in [6.07, 6.45) is 0. The lowest BCUT2D eigenvalue weighted by molar-refractivity contribution is 0.0751. The minimum atomic E-state index is 0. The minimum Gasteiger partial charge on any atom is -0.496 e. The molecule has 1 aromatic rings. The van der Waals surface area contributed by atoms with Crippen molar-refractivity contribution in [3.63, 3.8) is 0 Å². The highest BCUT2D eigenvalue weighted by Crippen LogP contribution is 2.38. The van der Waals surface area contributed by atoms with Gasteiger partial charge in [0.15, 0.2) is 0 Å². The van der Waals surface area contributed by atoms with Gasteiger partial charge in [-0.05, 0) is 0 Å². The van der Waals surface area contributed by atoms with E-state index in [1.807, 2.05) is 12.1 Å². The molecule has 0 aromatic heterocycles. The molecule has 108 valence electrons. The molecule has 1 saturated heterocycles. The number of benzene rings is 1. The summed E-state index contributed by atoms with van der Waals surface area (Å²) in [4.78, 5) is 0. The van der Waals surface area contributed by atoms with Gasteiger partial charge in [-0.3, -0.25) is 0 Å². The summed E-state index contributed by atoms with van der Waals surface area (Å²) in [5, 5.41) is 3.40. The van der Waals surface area contributed by atoms with Crippen LogP contribution >= 0.6 is 12.4 Å². The minimum absolute atomic E-state index is 0. The molecule has 6 heteroatoms. The van der Waals surface area contributed by atoms with Crippen molar-refractivity contribution in [3.8, 4) is 17.2 Å². The summed E-state index contributed by atoms with van der Waals surface area (Å²) in [6.45, 7) is 2.17. The monoisotopic (exact) mass is 289 g/mol. The number of morpholine rings is 1. The van der Waals surface area contributed by atoms with Crippen LogP contribution in [0.25, 0.3) is 0 Å². The van der Waals surface area contributed by atoms with E-state index in [9.17, 15) is 0 Å². The summed E-state index contributed by atoms with van der Waals surface area (Å²) < 4.78 is 21.6. The Morgan fingerprint density at radius 1 is 1.11 bits per heavy atom. The first-order valence-electron chi connectivity index (χ1n) is 5.91. The molecule has 1 N–H and O–H groups in total. The van der Waals surface area contributed by atoms with Crippen LogP contribution in [0.2, 0.25) is 0 Å². The van der Waals surface area contributed by atoms with E-state index in [0.717, 1.165) is 30.2 Å². The first-order valence-corrected chi connectivity index (χ1v) is 5.91. The van der Waals surface area contributed by atoms with Crippen molar-refractivity contribution in [1.29, 1.82) is 0 Å². The summed E-state index contributed by atoms with van der Waals surface area (Å²) in [5.74, 6) is 2.20. The standard InChI is InChI=1S/C13H19NO4.ClH/c1-15-9-6-11(16-2)13(12(7-9)17-3)10-8-18-5-4-14-10;/h6-7,10,14H,4-5,8H2,1-3H3;1H/t10-;/m1./s1. The number of methoxy groups -OCH3 is 3. The Morgan fingerprint density at radius 3 is 2.16 bits per heavy atom. The zero-order chi connectivity index (χ0) is 13.0. The topological polar surface area (TPSA) is 49.0 Å². The molecule has 0 unspecified atom stereocenters. The predicted molar refractivity (Wildman–Crippen MR) is 74.9 cm³/mol. The summed E-state index contributed by atoms with van der Waals surface area (Å²) in [5.41, 5.74) is 0.973. The Labute approximate surface area is 119 Å². The van der Waals surface area contributed by atoms with Gasteiger partial charge in [0.05, 0.1) is 46.1 Å². The number of halogens is 1. The normalized spacial score (nSPS) is 18.4. The van der Waals surface area contributed by atoms with E-state index in [4.69, 9.17) is 18.9 Å². The van der Waals surface area contributed by atoms with Crippen LogP contribution in [0, 0.1) is 0 Å². The molecule has 0 aliphatic carbocycles. The van der Waals surface area contributed by atoms with Crippen LogP contribution in [-0.2, 0) is 4.74 Å². The van der Waals surface area contributed by atoms with Crippen LogP contribution in [0.5, 0.6) is 17.2 Å². The SMILES string of the molecule is COc1cc(OC)c([C@H]2COCCN2)c(OC)c1.Cl. The smallest absolute Gasteiger partial charge is 0.131 e. The predicted octanol–water partition coefficient (Wildman–Crippen LogP) is 1.80. The van der Waals surface area contributed by atoms with Gasteiger partial charge < -0.3 is 24.3 Å². The van der Waals surface area contributed by atoms with Crippen molar-refractivity contribution in [3.05, 3.63) is 17.7 Å². The lowest BCUT2D eigenvalue weighted by Gasteiger charge is -2.27. The molecule has 1 heterocycles. The zero-order valence-electron chi connectivity index (χ0n) is 11.4. The Kier molecular flexibility index (Phi) is 6.21. The molecular weight excluding hydrogens is 270 g/mol. The van der Waals surface area contributed by atoms with Crippen LogP contribution < -0.4 is 19.5 Å². The van der Waals surface area contributed by atoms with Crippen molar-refractivity contribution in [2.75, 3.05) is 41.1 Å². The quantitative estimate of drug-likeness (QED) is 0.916. The number of hydrogen-bond acceptors (Lipinski definition) is 5. The van der Waals surface area contributed by atoms with E-state index in [1.165, 1.54) is 0 Å². The summed E-state index contributed by atoms with van der Waals surface area (Å²) >= 11 is 0.